The number of carbonyl (C=O) groups is 1. The molecule has 1 aromatic heterocycles. The fourth-order valence-corrected chi connectivity index (χ4v) is 1.67. The summed E-state index contributed by atoms with van der Waals surface area (Å²) in [6.45, 7) is 1.68. The number of nitro groups is 1. The van der Waals surface area contributed by atoms with Gasteiger partial charge in [0.15, 0.2) is 5.76 Å². The summed E-state index contributed by atoms with van der Waals surface area (Å²) in [7, 11) is 0. The van der Waals surface area contributed by atoms with Crippen molar-refractivity contribution in [1.82, 2.24) is 5.16 Å². The van der Waals surface area contributed by atoms with E-state index in [9.17, 15) is 14.9 Å². The predicted molar refractivity (Wildman–Crippen MR) is 70.0 cm³/mol. The first-order valence-corrected chi connectivity index (χ1v) is 5.61. The van der Waals surface area contributed by atoms with Crippen LogP contribution in [0.1, 0.15) is 11.3 Å². The summed E-state index contributed by atoms with van der Waals surface area (Å²) in [5, 5.41) is 23.0. The number of aryl methyl sites for hydroxylation is 1. The van der Waals surface area contributed by atoms with Gasteiger partial charge >= 0.3 is 5.97 Å². The molecule has 0 saturated carbocycles. The standard InChI is InChI=1S/C13H10N2O5/c1-8-11(6-7-12(16)17)13(20-14-8)9-2-4-10(5-3-9)15(18)19/h2-7H,1H3,(H,16,17)/b7-6+. The zero-order chi connectivity index (χ0) is 14.7. The Morgan fingerprint density at radius 3 is 2.60 bits per heavy atom. The van der Waals surface area contributed by atoms with Crippen LogP contribution in [0.15, 0.2) is 34.9 Å². The lowest BCUT2D eigenvalue weighted by atomic mass is 10.1. The molecule has 2 aromatic rings. The highest BCUT2D eigenvalue weighted by Gasteiger charge is 2.14. The van der Waals surface area contributed by atoms with E-state index in [0.29, 0.717) is 22.6 Å². The van der Waals surface area contributed by atoms with E-state index in [4.69, 9.17) is 9.63 Å². The maximum atomic E-state index is 10.6. The van der Waals surface area contributed by atoms with Crippen molar-refractivity contribution in [3.8, 4) is 11.3 Å². The second-order valence-electron chi connectivity index (χ2n) is 3.99. The van der Waals surface area contributed by atoms with Crippen molar-refractivity contribution >= 4 is 17.7 Å². The van der Waals surface area contributed by atoms with Crippen molar-refractivity contribution < 1.29 is 19.3 Å². The van der Waals surface area contributed by atoms with E-state index >= 15 is 0 Å². The number of hydrogen-bond acceptors (Lipinski definition) is 5. The first-order chi connectivity index (χ1) is 9.49. The average molecular weight is 274 g/mol. The summed E-state index contributed by atoms with van der Waals surface area (Å²) >= 11 is 0. The molecule has 1 N–H and O–H groups in total. The quantitative estimate of drug-likeness (QED) is 0.521. The van der Waals surface area contributed by atoms with Gasteiger partial charge in [0.2, 0.25) is 0 Å². The molecule has 0 aliphatic carbocycles. The lowest BCUT2D eigenvalue weighted by Crippen LogP contribution is -1.88. The van der Waals surface area contributed by atoms with Gasteiger partial charge in [-0.05, 0) is 25.1 Å². The molecule has 0 amide bonds. The van der Waals surface area contributed by atoms with Crippen LogP contribution >= 0.6 is 0 Å². The molecule has 102 valence electrons. The maximum absolute atomic E-state index is 10.6. The van der Waals surface area contributed by atoms with Gasteiger partial charge in [-0.25, -0.2) is 4.79 Å². The van der Waals surface area contributed by atoms with E-state index in [0.717, 1.165) is 6.08 Å². The van der Waals surface area contributed by atoms with E-state index in [1.54, 1.807) is 6.92 Å². The molecule has 1 aromatic carbocycles. The number of nitro benzene ring substituents is 1. The van der Waals surface area contributed by atoms with Crippen LogP contribution in [0.5, 0.6) is 0 Å². The molecule has 7 nitrogen and oxygen atoms in total. The summed E-state index contributed by atoms with van der Waals surface area (Å²) in [6, 6.07) is 5.74. The first-order valence-electron chi connectivity index (χ1n) is 5.61. The van der Waals surface area contributed by atoms with Gasteiger partial charge in [-0.3, -0.25) is 10.1 Å². The lowest BCUT2D eigenvalue weighted by Gasteiger charge is -1.98. The van der Waals surface area contributed by atoms with Crippen LogP contribution in [0.2, 0.25) is 0 Å². The minimum Gasteiger partial charge on any atom is -0.478 e. The second-order valence-corrected chi connectivity index (χ2v) is 3.99. The Morgan fingerprint density at radius 1 is 1.40 bits per heavy atom. The minimum absolute atomic E-state index is 0.0346. The van der Waals surface area contributed by atoms with Gasteiger partial charge in [-0.2, -0.15) is 0 Å². The third kappa shape index (κ3) is 2.72. The fourth-order valence-electron chi connectivity index (χ4n) is 1.67. The molecular formula is C13H10N2O5. The molecular weight excluding hydrogens is 264 g/mol. The number of aromatic nitrogens is 1. The number of rotatable bonds is 4. The van der Waals surface area contributed by atoms with E-state index < -0.39 is 10.9 Å². The van der Waals surface area contributed by atoms with Crippen molar-refractivity contribution in [2.75, 3.05) is 0 Å². The molecule has 7 heteroatoms. The molecule has 0 aliphatic heterocycles. The van der Waals surface area contributed by atoms with Crippen LogP contribution in [-0.2, 0) is 4.79 Å². The summed E-state index contributed by atoms with van der Waals surface area (Å²) < 4.78 is 5.15. The Hall–Kier alpha value is -2.96. The molecule has 20 heavy (non-hydrogen) atoms. The van der Waals surface area contributed by atoms with Gasteiger partial charge in [0.25, 0.3) is 5.69 Å². The van der Waals surface area contributed by atoms with Crippen LogP contribution in [0, 0.1) is 17.0 Å². The molecule has 0 radical (unpaired) electrons. The Balaban J connectivity index is 2.42. The van der Waals surface area contributed by atoms with Gasteiger partial charge in [-0.1, -0.05) is 5.16 Å². The SMILES string of the molecule is Cc1noc(-c2ccc([N+](=O)[O-])cc2)c1/C=C/C(=O)O. The first kappa shape index (κ1) is 13.5. The fraction of sp³-hybridized carbons (Fsp3) is 0.0769. The summed E-state index contributed by atoms with van der Waals surface area (Å²) in [5.41, 5.74) is 1.62. The van der Waals surface area contributed by atoms with Gasteiger partial charge in [0.05, 0.1) is 10.6 Å². The average Bonchev–Trinajstić information content (AvgIpc) is 2.77. The molecule has 0 fully saturated rings. The molecule has 0 bridgehead atoms. The van der Waals surface area contributed by atoms with Gasteiger partial charge in [0.1, 0.15) is 0 Å². The maximum Gasteiger partial charge on any atom is 0.328 e. The highest BCUT2D eigenvalue weighted by Crippen LogP contribution is 2.28. The van der Waals surface area contributed by atoms with Gasteiger partial charge < -0.3 is 9.63 Å². The summed E-state index contributed by atoms with van der Waals surface area (Å²) in [4.78, 5) is 20.7. The van der Waals surface area contributed by atoms with Gasteiger partial charge in [0, 0.05) is 29.3 Å². The minimum atomic E-state index is -1.08. The van der Waals surface area contributed by atoms with Crippen molar-refractivity contribution in [2.45, 2.75) is 6.92 Å². The van der Waals surface area contributed by atoms with E-state index in [1.807, 2.05) is 0 Å². The van der Waals surface area contributed by atoms with Crippen LogP contribution in [-0.4, -0.2) is 21.2 Å². The molecule has 0 aliphatic rings. The number of benzene rings is 1. The second kappa shape index (κ2) is 5.35. The Bertz CT molecular complexity index is 685. The molecule has 2 rings (SSSR count). The number of carboxylic acids is 1. The highest BCUT2D eigenvalue weighted by atomic mass is 16.6. The number of aliphatic carboxylic acids is 1. The van der Waals surface area contributed by atoms with Crippen molar-refractivity contribution in [2.24, 2.45) is 0 Å². The number of carboxylic acid groups (broad SMARTS) is 1. The van der Waals surface area contributed by atoms with E-state index in [1.165, 1.54) is 30.3 Å². The Labute approximate surface area is 113 Å². The highest BCUT2D eigenvalue weighted by molar-refractivity contribution is 5.87. The molecule has 0 atom stereocenters. The summed E-state index contributed by atoms with van der Waals surface area (Å²) in [5.74, 6) is -0.713. The molecule has 1 heterocycles. The van der Waals surface area contributed by atoms with Crippen molar-refractivity contribution in [3.05, 3.63) is 51.7 Å². The monoisotopic (exact) mass is 274 g/mol. The smallest absolute Gasteiger partial charge is 0.328 e. The normalized spacial score (nSPS) is 10.8. The number of hydrogen-bond donors (Lipinski definition) is 1. The largest absolute Gasteiger partial charge is 0.478 e. The van der Waals surface area contributed by atoms with Crippen molar-refractivity contribution in [3.63, 3.8) is 0 Å². The molecule has 0 unspecified atom stereocenters. The Kier molecular flexibility index (Phi) is 3.60. The van der Waals surface area contributed by atoms with Crippen LogP contribution in [0.4, 0.5) is 5.69 Å². The third-order valence-electron chi connectivity index (χ3n) is 2.64. The number of non-ortho nitro benzene ring substituents is 1. The zero-order valence-electron chi connectivity index (χ0n) is 10.4. The Morgan fingerprint density at radius 2 is 2.05 bits per heavy atom. The van der Waals surface area contributed by atoms with Crippen LogP contribution < -0.4 is 0 Å². The molecule has 0 saturated heterocycles. The van der Waals surface area contributed by atoms with Gasteiger partial charge in [-0.15, -0.1) is 0 Å². The van der Waals surface area contributed by atoms with E-state index in [2.05, 4.69) is 5.16 Å². The predicted octanol–water partition coefficient (Wildman–Crippen LogP) is 2.66. The van der Waals surface area contributed by atoms with Crippen LogP contribution in [0.25, 0.3) is 17.4 Å². The summed E-state index contributed by atoms with van der Waals surface area (Å²) in [6.07, 6.45) is 2.36. The molecule has 0 spiro atoms. The van der Waals surface area contributed by atoms with Crippen LogP contribution in [0.3, 0.4) is 0 Å². The lowest BCUT2D eigenvalue weighted by molar-refractivity contribution is -0.384. The topological polar surface area (TPSA) is 106 Å². The number of nitrogens with zero attached hydrogens (tertiary/aromatic N) is 2. The third-order valence-corrected chi connectivity index (χ3v) is 2.64. The van der Waals surface area contributed by atoms with Crippen molar-refractivity contribution in [1.29, 1.82) is 0 Å². The van der Waals surface area contributed by atoms with E-state index in [-0.39, 0.29) is 5.69 Å². The zero-order valence-corrected chi connectivity index (χ0v) is 10.4.